The first-order chi connectivity index (χ1) is 17.2. The lowest BCUT2D eigenvalue weighted by molar-refractivity contribution is 0.530. The Bertz CT molecular complexity index is 938. The smallest absolute Gasteiger partial charge is 0.281 e. The molecule has 0 spiro atoms. The van der Waals surface area contributed by atoms with Gasteiger partial charge >= 0.3 is 0 Å². The number of aromatic nitrogens is 2. The van der Waals surface area contributed by atoms with E-state index in [9.17, 15) is 4.79 Å². The molecule has 0 fully saturated rings. The van der Waals surface area contributed by atoms with Gasteiger partial charge in [0.15, 0.2) is 10.5 Å². The van der Waals surface area contributed by atoms with Crippen molar-refractivity contribution in [2.24, 2.45) is 10.2 Å². The molecule has 1 aromatic carbocycles. The first kappa shape index (κ1) is 29.0. The number of benzene rings is 1. The number of azo groups is 1. The van der Waals surface area contributed by atoms with Crippen LogP contribution in [-0.2, 0) is 0 Å². The molecular formula is C28H45N5OS. The summed E-state index contributed by atoms with van der Waals surface area (Å²) in [5, 5.41) is 11.6. The molecule has 0 bridgehead atoms. The highest BCUT2D eigenvalue weighted by atomic mass is 32.1. The van der Waals surface area contributed by atoms with E-state index < -0.39 is 0 Å². The van der Waals surface area contributed by atoms with Crippen LogP contribution in [0.2, 0.25) is 0 Å². The Morgan fingerprint density at radius 1 is 0.714 bits per heavy atom. The maximum atomic E-state index is 12.3. The lowest BCUT2D eigenvalue weighted by Gasteiger charge is -2.08. The summed E-state index contributed by atoms with van der Waals surface area (Å²) in [6.45, 7) is 3.04. The van der Waals surface area contributed by atoms with Gasteiger partial charge < -0.3 is 10.3 Å². The quantitative estimate of drug-likeness (QED) is 0.0963. The van der Waals surface area contributed by atoms with E-state index in [2.05, 4.69) is 32.4 Å². The van der Waals surface area contributed by atoms with E-state index in [1.54, 1.807) is 0 Å². The van der Waals surface area contributed by atoms with Crippen LogP contribution in [0.15, 0.2) is 45.4 Å². The summed E-state index contributed by atoms with van der Waals surface area (Å²) >= 11 is 5.12. The minimum Gasteiger partial charge on any atom is -0.370 e. The number of hydrogen-bond donors (Lipinski definition) is 3. The molecule has 0 saturated heterocycles. The average molecular weight is 500 g/mol. The minimum absolute atomic E-state index is 0.221. The third kappa shape index (κ3) is 13.4. The van der Waals surface area contributed by atoms with Gasteiger partial charge in [0.05, 0.1) is 5.69 Å². The highest BCUT2D eigenvalue weighted by Gasteiger charge is 2.07. The first-order valence-corrected chi connectivity index (χ1v) is 14.2. The zero-order valence-electron chi connectivity index (χ0n) is 21.6. The summed E-state index contributed by atoms with van der Waals surface area (Å²) in [6, 6.07) is 9.36. The van der Waals surface area contributed by atoms with Gasteiger partial charge in [-0.05, 0) is 30.8 Å². The number of rotatable bonds is 20. The van der Waals surface area contributed by atoms with Crippen LogP contribution >= 0.6 is 12.2 Å². The van der Waals surface area contributed by atoms with Gasteiger partial charge in [-0.1, -0.05) is 121 Å². The van der Waals surface area contributed by atoms with E-state index in [4.69, 9.17) is 12.2 Å². The Morgan fingerprint density at radius 2 is 1.23 bits per heavy atom. The van der Waals surface area contributed by atoms with Crippen LogP contribution in [-0.4, -0.2) is 16.5 Å². The molecule has 2 rings (SSSR count). The van der Waals surface area contributed by atoms with Crippen LogP contribution in [0.3, 0.4) is 0 Å². The molecule has 0 aliphatic rings. The van der Waals surface area contributed by atoms with Gasteiger partial charge in [0.1, 0.15) is 5.82 Å². The minimum atomic E-state index is -0.345. The van der Waals surface area contributed by atoms with E-state index in [0.717, 1.165) is 13.0 Å². The second kappa shape index (κ2) is 19.0. The lowest BCUT2D eigenvalue weighted by atomic mass is 10.0. The summed E-state index contributed by atoms with van der Waals surface area (Å²) in [4.78, 5) is 17.9. The molecule has 2 aromatic rings. The van der Waals surface area contributed by atoms with Gasteiger partial charge in [-0.2, -0.15) is 5.11 Å². The summed E-state index contributed by atoms with van der Waals surface area (Å²) in [5.74, 6) is 0.527. The van der Waals surface area contributed by atoms with Crippen molar-refractivity contribution in [1.29, 1.82) is 0 Å². The van der Waals surface area contributed by atoms with Gasteiger partial charge in [-0.25, -0.2) is 0 Å². The summed E-state index contributed by atoms with van der Waals surface area (Å²) in [5.41, 5.74) is 0.569. The number of anilines is 1. The van der Waals surface area contributed by atoms with E-state index in [1.807, 2.05) is 30.3 Å². The predicted octanol–water partition coefficient (Wildman–Crippen LogP) is 9.52. The molecule has 7 heteroatoms. The van der Waals surface area contributed by atoms with E-state index >= 15 is 0 Å². The number of unbranched alkanes of at least 4 members (excludes halogenated alkanes) is 15. The maximum Gasteiger partial charge on any atom is 0.281 e. The van der Waals surface area contributed by atoms with Crippen molar-refractivity contribution in [1.82, 2.24) is 9.97 Å². The summed E-state index contributed by atoms with van der Waals surface area (Å²) < 4.78 is 0.281. The van der Waals surface area contributed by atoms with Crippen LogP contribution in [0, 0.1) is 4.77 Å². The largest absolute Gasteiger partial charge is 0.370 e. The Kier molecular flexibility index (Phi) is 15.7. The van der Waals surface area contributed by atoms with Gasteiger partial charge in [0, 0.05) is 6.54 Å². The number of nitrogens with one attached hydrogen (secondary N) is 3. The molecule has 194 valence electrons. The lowest BCUT2D eigenvalue weighted by Crippen LogP contribution is -2.12. The fourth-order valence-electron chi connectivity index (χ4n) is 4.19. The number of nitrogens with zero attached hydrogens (tertiary/aromatic N) is 2. The molecule has 0 unspecified atom stereocenters. The Hall–Kier alpha value is -2.28. The standard InChI is InChI=1S/C28H45N5OS/c1-2-3-4-5-6-7-8-9-10-11-12-13-14-15-16-20-23-29-26-25(27(34)31-28(35)30-26)33-32-24-21-18-17-19-22-24/h17-19,21-22H,2-16,20,23H2,1H3,(H3,29,30,31,34,35). The van der Waals surface area contributed by atoms with Crippen LogP contribution in [0.1, 0.15) is 110 Å². The molecule has 6 nitrogen and oxygen atoms in total. The summed E-state index contributed by atoms with van der Waals surface area (Å²) in [6.07, 6.45) is 21.6. The normalized spacial score (nSPS) is 11.3. The SMILES string of the molecule is CCCCCCCCCCCCCCCCCCNc1[nH]c(=S)[nH]c(=O)c1N=Nc1ccccc1. The topological polar surface area (TPSA) is 85.4 Å². The van der Waals surface area contributed by atoms with Gasteiger partial charge in [-0.3, -0.25) is 9.78 Å². The number of aromatic amines is 2. The van der Waals surface area contributed by atoms with Crippen molar-refractivity contribution in [2.45, 2.75) is 110 Å². The van der Waals surface area contributed by atoms with Gasteiger partial charge in [0.2, 0.25) is 0 Å². The Labute approximate surface area is 216 Å². The van der Waals surface area contributed by atoms with E-state index in [-0.39, 0.29) is 16.0 Å². The molecule has 1 aromatic heterocycles. The van der Waals surface area contributed by atoms with Crippen LogP contribution in [0.4, 0.5) is 17.2 Å². The van der Waals surface area contributed by atoms with E-state index in [0.29, 0.717) is 11.5 Å². The molecule has 0 amide bonds. The molecule has 3 N–H and O–H groups in total. The molecular weight excluding hydrogens is 454 g/mol. The molecule has 0 saturated carbocycles. The maximum absolute atomic E-state index is 12.3. The third-order valence-electron chi connectivity index (χ3n) is 6.27. The van der Waals surface area contributed by atoms with Crippen molar-refractivity contribution >= 4 is 29.4 Å². The molecule has 1 heterocycles. The zero-order chi connectivity index (χ0) is 25.0. The van der Waals surface area contributed by atoms with Gasteiger partial charge in [0.25, 0.3) is 5.56 Å². The number of hydrogen-bond acceptors (Lipinski definition) is 5. The second-order valence-corrected chi connectivity index (χ2v) is 9.81. The number of H-pyrrole nitrogens is 2. The predicted molar refractivity (Wildman–Crippen MR) is 151 cm³/mol. The fraction of sp³-hybridized carbons (Fsp3) is 0.643. The monoisotopic (exact) mass is 499 g/mol. The Morgan fingerprint density at radius 3 is 1.77 bits per heavy atom. The van der Waals surface area contributed by atoms with Crippen molar-refractivity contribution in [2.75, 3.05) is 11.9 Å². The highest BCUT2D eigenvalue weighted by molar-refractivity contribution is 7.71. The van der Waals surface area contributed by atoms with E-state index in [1.165, 1.54) is 96.3 Å². The molecule has 0 aliphatic heterocycles. The van der Waals surface area contributed by atoms with Gasteiger partial charge in [-0.15, -0.1) is 5.11 Å². The van der Waals surface area contributed by atoms with Crippen LogP contribution in [0.25, 0.3) is 0 Å². The summed E-state index contributed by atoms with van der Waals surface area (Å²) in [7, 11) is 0. The van der Waals surface area contributed by atoms with Crippen LogP contribution < -0.4 is 10.9 Å². The van der Waals surface area contributed by atoms with Crippen molar-refractivity contribution in [3.8, 4) is 0 Å². The van der Waals surface area contributed by atoms with Crippen molar-refractivity contribution < 1.29 is 0 Å². The van der Waals surface area contributed by atoms with Crippen molar-refractivity contribution in [3.63, 3.8) is 0 Å². The van der Waals surface area contributed by atoms with Crippen LogP contribution in [0.5, 0.6) is 0 Å². The molecule has 0 radical (unpaired) electrons. The zero-order valence-corrected chi connectivity index (χ0v) is 22.4. The molecule has 0 aliphatic carbocycles. The molecule has 35 heavy (non-hydrogen) atoms. The highest BCUT2D eigenvalue weighted by Crippen LogP contribution is 2.21. The third-order valence-corrected chi connectivity index (χ3v) is 6.48. The average Bonchev–Trinajstić information content (AvgIpc) is 2.86. The van der Waals surface area contributed by atoms with Crippen molar-refractivity contribution in [3.05, 3.63) is 45.5 Å². The first-order valence-electron chi connectivity index (χ1n) is 13.8. The Balaban J connectivity index is 1.53. The second-order valence-electron chi connectivity index (χ2n) is 9.40. The molecule has 0 atom stereocenters. The fourth-order valence-corrected chi connectivity index (χ4v) is 4.39.